The molecule has 0 aromatic carbocycles. The van der Waals surface area contributed by atoms with Crippen molar-refractivity contribution in [3.05, 3.63) is 0 Å². The van der Waals surface area contributed by atoms with E-state index in [1.165, 1.54) is 19.1 Å². The minimum atomic E-state index is -3.28. The molecule has 1 aliphatic heterocycles. The highest BCUT2D eigenvalue weighted by Crippen LogP contribution is 2.23. The molecule has 1 saturated heterocycles. The standard InChI is InChI=1S/C17H33N3O4S/c1-25(22,23)20(16-6-4-2-3-5-7-16)10-8-17(21)18-9-11-19-12-14-24-15-13-19/h16H,2-15H2,1H3,(H,18,21). The summed E-state index contributed by atoms with van der Waals surface area (Å²) in [5.41, 5.74) is 0. The molecule has 1 heterocycles. The summed E-state index contributed by atoms with van der Waals surface area (Å²) in [6.07, 6.45) is 7.80. The second kappa shape index (κ2) is 10.4. The smallest absolute Gasteiger partial charge is 0.221 e. The van der Waals surface area contributed by atoms with Gasteiger partial charge in [0.05, 0.1) is 19.5 Å². The molecule has 7 nitrogen and oxygen atoms in total. The SMILES string of the molecule is CS(=O)(=O)N(CCC(=O)NCCN1CCOCC1)C1CCCCCC1. The van der Waals surface area contributed by atoms with Crippen molar-refractivity contribution < 1.29 is 17.9 Å². The van der Waals surface area contributed by atoms with E-state index in [-0.39, 0.29) is 24.9 Å². The molecule has 2 fully saturated rings. The van der Waals surface area contributed by atoms with E-state index < -0.39 is 10.0 Å². The first-order valence-electron chi connectivity index (χ1n) is 9.50. The van der Waals surface area contributed by atoms with Gasteiger partial charge in [0, 0.05) is 45.2 Å². The van der Waals surface area contributed by atoms with Crippen molar-refractivity contribution in [1.82, 2.24) is 14.5 Å². The number of amides is 1. The van der Waals surface area contributed by atoms with Gasteiger partial charge in [-0.25, -0.2) is 8.42 Å². The number of rotatable bonds is 8. The van der Waals surface area contributed by atoms with E-state index in [1.807, 2.05) is 0 Å². The van der Waals surface area contributed by atoms with Crippen LogP contribution < -0.4 is 5.32 Å². The van der Waals surface area contributed by atoms with Gasteiger partial charge in [0.2, 0.25) is 15.9 Å². The van der Waals surface area contributed by atoms with E-state index >= 15 is 0 Å². The van der Waals surface area contributed by atoms with E-state index in [1.54, 1.807) is 4.31 Å². The van der Waals surface area contributed by atoms with E-state index in [0.29, 0.717) is 6.54 Å². The van der Waals surface area contributed by atoms with Crippen LogP contribution in [0, 0.1) is 0 Å². The van der Waals surface area contributed by atoms with Gasteiger partial charge in [0.15, 0.2) is 0 Å². The van der Waals surface area contributed by atoms with Crippen molar-refractivity contribution in [1.29, 1.82) is 0 Å². The summed E-state index contributed by atoms with van der Waals surface area (Å²) in [5.74, 6) is -0.0736. The lowest BCUT2D eigenvalue weighted by Crippen LogP contribution is -2.43. The Balaban J connectivity index is 1.74. The minimum absolute atomic E-state index is 0.0543. The Morgan fingerprint density at radius 2 is 1.80 bits per heavy atom. The number of ether oxygens (including phenoxy) is 1. The van der Waals surface area contributed by atoms with Crippen LogP contribution in [0.15, 0.2) is 0 Å². The van der Waals surface area contributed by atoms with Crippen molar-refractivity contribution in [2.75, 3.05) is 52.2 Å². The van der Waals surface area contributed by atoms with Crippen molar-refractivity contribution in [2.45, 2.75) is 51.0 Å². The van der Waals surface area contributed by atoms with Gasteiger partial charge in [-0.05, 0) is 12.8 Å². The summed E-state index contributed by atoms with van der Waals surface area (Å²) < 4.78 is 31.2. The second-order valence-corrected chi connectivity index (χ2v) is 9.01. The molecule has 1 aliphatic carbocycles. The van der Waals surface area contributed by atoms with E-state index in [9.17, 15) is 13.2 Å². The van der Waals surface area contributed by atoms with Crippen molar-refractivity contribution in [2.24, 2.45) is 0 Å². The monoisotopic (exact) mass is 375 g/mol. The van der Waals surface area contributed by atoms with Crippen LogP contribution in [0.5, 0.6) is 0 Å². The number of hydrogen-bond donors (Lipinski definition) is 1. The molecule has 1 N–H and O–H groups in total. The third-order valence-corrected chi connectivity index (χ3v) is 6.40. The summed E-state index contributed by atoms with van der Waals surface area (Å²) in [6, 6.07) is 0.0543. The first-order valence-corrected chi connectivity index (χ1v) is 11.4. The van der Waals surface area contributed by atoms with Crippen molar-refractivity contribution in [3.63, 3.8) is 0 Å². The zero-order valence-corrected chi connectivity index (χ0v) is 16.2. The van der Waals surface area contributed by atoms with Crippen LogP contribution >= 0.6 is 0 Å². The van der Waals surface area contributed by atoms with Gasteiger partial charge in [-0.2, -0.15) is 4.31 Å². The Kier molecular flexibility index (Phi) is 8.61. The highest BCUT2D eigenvalue weighted by molar-refractivity contribution is 7.88. The molecule has 0 atom stereocenters. The fourth-order valence-corrected chi connectivity index (χ4v) is 4.82. The zero-order valence-electron chi connectivity index (χ0n) is 15.4. The fraction of sp³-hybridized carbons (Fsp3) is 0.941. The highest BCUT2D eigenvalue weighted by atomic mass is 32.2. The van der Waals surface area contributed by atoms with Crippen LogP contribution in [-0.4, -0.2) is 81.8 Å². The number of morpholine rings is 1. The Hall–Kier alpha value is -0.700. The van der Waals surface area contributed by atoms with E-state index in [4.69, 9.17) is 4.74 Å². The van der Waals surface area contributed by atoms with Crippen LogP contribution in [0.4, 0.5) is 0 Å². The van der Waals surface area contributed by atoms with E-state index in [2.05, 4.69) is 10.2 Å². The van der Waals surface area contributed by atoms with Gasteiger partial charge in [0.1, 0.15) is 0 Å². The average Bonchev–Trinajstić information content (AvgIpc) is 2.84. The third kappa shape index (κ3) is 7.60. The molecule has 2 rings (SSSR count). The zero-order chi connectivity index (χ0) is 18.1. The van der Waals surface area contributed by atoms with Gasteiger partial charge in [-0.15, -0.1) is 0 Å². The van der Waals surface area contributed by atoms with Crippen LogP contribution in [0.1, 0.15) is 44.9 Å². The lowest BCUT2D eigenvalue weighted by Gasteiger charge is -2.29. The maximum atomic E-state index is 12.2. The third-order valence-electron chi connectivity index (χ3n) is 5.07. The molecule has 8 heteroatoms. The highest BCUT2D eigenvalue weighted by Gasteiger charge is 2.27. The Morgan fingerprint density at radius 1 is 1.16 bits per heavy atom. The predicted octanol–water partition coefficient (Wildman–Crippen LogP) is 0.809. The number of carbonyl (C=O) groups excluding carboxylic acids is 1. The summed E-state index contributed by atoms with van der Waals surface area (Å²) >= 11 is 0. The number of carbonyl (C=O) groups is 1. The molecule has 25 heavy (non-hydrogen) atoms. The maximum absolute atomic E-state index is 12.2. The molecule has 1 amide bonds. The molecule has 2 aliphatic rings. The van der Waals surface area contributed by atoms with Crippen molar-refractivity contribution >= 4 is 15.9 Å². The normalized spacial score (nSPS) is 21.2. The average molecular weight is 376 g/mol. The van der Waals surface area contributed by atoms with Crippen LogP contribution in [0.2, 0.25) is 0 Å². The van der Waals surface area contributed by atoms with Gasteiger partial charge in [-0.3, -0.25) is 9.69 Å². The lowest BCUT2D eigenvalue weighted by molar-refractivity contribution is -0.121. The number of nitrogens with one attached hydrogen (secondary N) is 1. The van der Waals surface area contributed by atoms with Crippen LogP contribution in [0.3, 0.4) is 0 Å². The molecule has 0 bridgehead atoms. The quantitative estimate of drug-likeness (QED) is 0.635. The maximum Gasteiger partial charge on any atom is 0.221 e. The molecule has 0 radical (unpaired) electrons. The summed E-state index contributed by atoms with van der Waals surface area (Å²) in [5, 5.41) is 2.91. The van der Waals surface area contributed by atoms with Gasteiger partial charge in [-0.1, -0.05) is 25.7 Å². The Morgan fingerprint density at radius 3 is 2.40 bits per heavy atom. The number of sulfonamides is 1. The molecule has 146 valence electrons. The number of hydrogen-bond acceptors (Lipinski definition) is 5. The predicted molar refractivity (Wildman–Crippen MR) is 97.9 cm³/mol. The molecule has 0 aromatic heterocycles. The second-order valence-electron chi connectivity index (χ2n) is 7.07. The number of nitrogens with zero attached hydrogens (tertiary/aromatic N) is 2. The van der Waals surface area contributed by atoms with Gasteiger partial charge < -0.3 is 10.1 Å². The minimum Gasteiger partial charge on any atom is -0.379 e. The molecule has 1 saturated carbocycles. The Labute approximate surface area is 152 Å². The first-order chi connectivity index (χ1) is 12.0. The lowest BCUT2D eigenvalue weighted by atomic mass is 10.1. The van der Waals surface area contributed by atoms with Gasteiger partial charge in [0.25, 0.3) is 0 Å². The first kappa shape index (κ1) is 20.6. The molecule has 0 unspecified atom stereocenters. The van der Waals surface area contributed by atoms with Crippen LogP contribution in [-0.2, 0) is 19.6 Å². The topological polar surface area (TPSA) is 79.0 Å². The molecular formula is C17H33N3O4S. The molecular weight excluding hydrogens is 342 g/mol. The van der Waals surface area contributed by atoms with E-state index in [0.717, 1.165) is 58.5 Å². The summed E-state index contributed by atoms with van der Waals surface area (Å²) in [7, 11) is -3.28. The summed E-state index contributed by atoms with van der Waals surface area (Å²) in [6.45, 7) is 5.00. The molecule has 0 spiro atoms. The fourth-order valence-electron chi connectivity index (χ4n) is 3.64. The molecule has 0 aromatic rings. The van der Waals surface area contributed by atoms with Crippen LogP contribution in [0.25, 0.3) is 0 Å². The van der Waals surface area contributed by atoms with Crippen molar-refractivity contribution in [3.8, 4) is 0 Å². The summed E-state index contributed by atoms with van der Waals surface area (Å²) in [4.78, 5) is 14.4. The largest absolute Gasteiger partial charge is 0.379 e. The Bertz CT molecular complexity index is 498. The van der Waals surface area contributed by atoms with Gasteiger partial charge >= 0.3 is 0 Å².